The van der Waals surface area contributed by atoms with Crippen LogP contribution in [-0.2, 0) is 6.42 Å². The third-order valence-corrected chi connectivity index (χ3v) is 4.75. The molecular formula is C22H27F2N3. The highest BCUT2D eigenvalue weighted by Crippen LogP contribution is 2.27. The molecule has 1 unspecified atom stereocenters. The molecule has 2 aromatic rings. The second-order valence-corrected chi connectivity index (χ2v) is 6.71. The highest BCUT2D eigenvalue weighted by molar-refractivity contribution is 5.67. The molecule has 1 N–H and O–H groups in total. The molecule has 0 radical (unpaired) electrons. The zero-order valence-electron chi connectivity index (χ0n) is 16.0. The maximum atomic E-state index is 14.1. The predicted octanol–water partition coefficient (Wildman–Crippen LogP) is 4.96. The topological polar surface area (TPSA) is 37.3 Å². The van der Waals surface area contributed by atoms with E-state index in [-0.39, 0.29) is 5.92 Å². The van der Waals surface area contributed by atoms with Gasteiger partial charge in [0.05, 0.1) is 0 Å². The van der Waals surface area contributed by atoms with Crippen molar-refractivity contribution in [3.63, 3.8) is 0 Å². The number of aromatic nitrogens is 1. The summed E-state index contributed by atoms with van der Waals surface area (Å²) < 4.78 is 27.2. The molecule has 1 aromatic carbocycles. The van der Waals surface area contributed by atoms with Crippen LogP contribution in [-0.4, -0.2) is 25.3 Å². The largest absolute Gasteiger partial charge is 0.320 e. The maximum absolute atomic E-state index is 14.1. The summed E-state index contributed by atoms with van der Waals surface area (Å²) in [6.07, 6.45) is 6.70. The van der Waals surface area contributed by atoms with E-state index in [4.69, 9.17) is 0 Å². The lowest BCUT2D eigenvalue weighted by atomic mass is 9.88. The molecular weight excluding hydrogens is 344 g/mol. The van der Waals surface area contributed by atoms with E-state index in [2.05, 4.69) is 22.0 Å². The minimum Gasteiger partial charge on any atom is -0.320 e. The summed E-state index contributed by atoms with van der Waals surface area (Å²) in [7, 11) is 1.90. The zero-order chi connectivity index (χ0) is 19.6. The number of rotatable bonds is 10. The molecule has 0 aliphatic rings. The van der Waals surface area contributed by atoms with Gasteiger partial charge >= 0.3 is 0 Å². The Bertz CT molecular complexity index is 787. The number of hydrogen-bond acceptors (Lipinski definition) is 3. The number of aryl methyl sites for hydroxylation is 1. The van der Waals surface area contributed by atoms with Crippen molar-refractivity contribution in [3.05, 3.63) is 71.2 Å². The molecule has 5 heteroatoms. The van der Waals surface area contributed by atoms with Crippen LogP contribution in [0.4, 0.5) is 8.78 Å². The summed E-state index contributed by atoms with van der Waals surface area (Å²) in [4.78, 5) is 8.30. The smallest absolute Gasteiger partial charge is 0.129 e. The van der Waals surface area contributed by atoms with E-state index in [1.165, 1.54) is 6.07 Å². The van der Waals surface area contributed by atoms with Gasteiger partial charge in [0.15, 0.2) is 0 Å². The Hall–Kier alpha value is -2.40. The lowest BCUT2D eigenvalue weighted by Crippen LogP contribution is -2.16. The minimum atomic E-state index is -0.544. The average Bonchev–Trinajstić information content (AvgIpc) is 2.65. The van der Waals surface area contributed by atoms with Crippen molar-refractivity contribution >= 4 is 12.3 Å². The molecule has 0 bridgehead atoms. The summed E-state index contributed by atoms with van der Waals surface area (Å²) >= 11 is 0. The first kappa shape index (κ1) is 20.9. The molecule has 0 amide bonds. The number of nitrogens with one attached hydrogen (secondary N) is 1. The number of hydrogen-bond donors (Lipinski definition) is 1. The molecule has 0 saturated heterocycles. The van der Waals surface area contributed by atoms with Gasteiger partial charge in [-0.1, -0.05) is 12.1 Å². The van der Waals surface area contributed by atoms with Gasteiger partial charge in [-0.15, -0.1) is 0 Å². The molecule has 27 heavy (non-hydrogen) atoms. The summed E-state index contributed by atoms with van der Waals surface area (Å²) in [6, 6.07) is 7.76. The van der Waals surface area contributed by atoms with Crippen molar-refractivity contribution in [3.8, 4) is 0 Å². The lowest BCUT2D eigenvalue weighted by molar-refractivity contribution is 0.436. The third kappa shape index (κ3) is 6.36. The molecule has 0 spiro atoms. The van der Waals surface area contributed by atoms with Gasteiger partial charge in [-0.3, -0.25) is 9.98 Å². The van der Waals surface area contributed by atoms with Gasteiger partial charge in [-0.25, -0.2) is 8.78 Å². The minimum absolute atomic E-state index is 0.266. The fourth-order valence-corrected chi connectivity index (χ4v) is 3.26. The molecule has 0 aliphatic heterocycles. The quantitative estimate of drug-likeness (QED) is 0.600. The van der Waals surface area contributed by atoms with E-state index >= 15 is 0 Å². The van der Waals surface area contributed by atoms with Crippen LogP contribution in [0.15, 0.2) is 47.7 Å². The first-order chi connectivity index (χ1) is 13.0. The van der Waals surface area contributed by atoms with Crippen LogP contribution in [0, 0.1) is 24.5 Å². The van der Waals surface area contributed by atoms with Gasteiger partial charge in [0.25, 0.3) is 0 Å². The predicted molar refractivity (Wildman–Crippen MR) is 108 cm³/mol. The Kier molecular flexibility index (Phi) is 8.27. The van der Waals surface area contributed by atoms with Crippen molar-refractivity contribution < 1.29 is 8.78 Å². The molecule has 0 saturated carbocycles. The van der Waals surface area contributed by atoms with E-state index < -0.39 is 11.6 Å². The molecule has 0 aliphatic carbocycles. The Morgan fingerprint density at radius 1 is 1.30 bits per heavy atom. The SMILES string of the molecule is C=N/C=C(\CCC(CCNC)Cc1ccc(F)cc1F)c1cccnc1C. The van der Waals surface area contributed by atoms with Gasteiger partial charge in [0, 0.05) is 29.7 Å². The maximum Gasteiger partial charge on any atom is 0.129 e. The Morgan fingerprint density at radius 2 is 2.11 bits per heavy atom. The van der Waals surface area contributed by atoms with Crippen molar-refractivity contribution in [1.29, 1.82) is 0 Å². The van der Waals surface area contributed by atoms with Crippen LogP contribution >= 0.6 is 0 Å². The van der Waals surface area contributed by atoms with Gasteiger partial charge in [-0.05, 0) is 82.1 Å². The van der Waals surface area contributed by atoms with Crippen LogP contribution < -0.4 is 5.32 Å². The molecule has 1 aromatic heterocycles. The molecule has 2 rings (SSSR count). The highest BCUT2D eigenvalue weighted by Gasteiger charge is 2.15. The van der Waals surface area contributed by atoms with E-state index in [0.29, 0.717) is 12.0 Å². The number of pyridine rings is 1. The number of nitrogens with zero attached hydrogens (tertiary/aromatic N) is 2. The van der Waals surface area contributed by atoms with E-state index in [9.17, 15) is 8.78 Å². The first-order valence-corrected chi connectivity index (χ1v) is 9.20. The van der Waals surface area contributed by atoms with Crippen LogP contribution in [0.1, 0.15) is 36.1 Å². The fourth-order valence-electron chi connectivity index (χ4n) is 3.26. The molecule has 1 heterocycles. The Labute approximate surface area is 160 Å². The van der Waals surface area contributed by atoms with E-state index in [1.54, 1.807) is 18.5 Å². The summed E-state index contributed by atoms with van der Waals surface area (Å²) in [5.41, 5.74) is 3.64. The number of benzene rings is 1. The van der Waals surface area contributed by atoms with Crippen LogP contribution in [0.5, 0.6) is 0 Å². The van der Waals surface area contributed by atoms with Crippen molar-refractivity contribution in [2.24, 2.45) is 10.9 Å². The van der Waals surface area contributed by atoms with Crippen LogP contribution in [0.2, 0.25) is 0 Å². The lowest BCUT2D eigenvalue weighted by Gasteiger charge is -2.19. The zero-order valence-corrected chi connectivity index (χ0v) is 16.0. The Morgan fingerprint density at radius 3 is 2.78 bits per heavy atom. The standard InChI is InChI=1S/C22H27F2N3/c1-16-21(5-4-11-27-16)19(15-26-3)7-6-17(10-12-25-2)13-18-8-9-20(23)14-22(18)24/h4-5,8-9,11,14-15,17,25H,3,6-7,10,12-13H2,1-2H3/b19-15+. The summed E-state index contributed by atoms with van der Waals surface area (Å²) in [6.45, 7) is 6.39. The summed E-state index contributed by atoms with van der Waals surface area (Å²) in [5.74, 6) is -0.754. The number of aliphatic imine (C=N–C) groups is 1. The first-order valence-electron chi connectivity index (χ1n) is 9.20. The normalized spacial score (nSPS) is 12.8. The van der Waals surface area contributed by atoms with E-state index in [1.807, 2.05) is 26.1 Å². The third-order valence-electron chi connectivity index (χ3n) is 4.75. The second-order valence-electron chi connectivity index (χ2n) is 6.71. The van der Waals surface area contributed by atoms with Crippen molar-refractivity contribution in [2.75, 3.05) is 13.6 Å². The molecule has 1 atom stereocenters. The van der Waals surface area contributed by atoms with Gasteiger partial charge in [0.2, 0.25) is 0 Å². The average molecular weight is 371 g/mol. The van der Waals surface area contributed by atoms with E-state index in [0.717, 1.165) is 48.7 Å². The van der Waals surface area contributed by atoms with Gasteiger partial charge in [-0.2, -0.15) is 0 Å². The second kappa shape index (κ2) is 10.7. The van der Waals surface area contributed by atoms with Gasteiger partial charge < -0.3 is 5.32 Å². The molecule has 0 fully saturated rings. The monoisotopic (exact) mass is 371 g/mol. The van der Waals surface area contributed by atoms with Crippen molar-refractivity contribution in [1.82, 2.24) is 10.3 Å². The van der Waals surface area contributed by atoms with Gasteiger partial charge in [0.1, 0.15) is 11.6 Å². The fraction of sp³-hybridized carbons (Fsp3) is 0.364. The number of halogens is 2. The van der Waals surface area contributed by atoms with Crippen LogP contribution in [0.25, 0.3) is 5.57 Å². The highest BCUT2D eigenvalue weighted by atomic mass is 19.1. The number of allylic oxidation sites excluding steroid dienone is 1. The molecule has 3 nitrogen and oxygen atoms in total. The van der Waals surface area contributed by atoms with Crippen molar-refractivity contribution in [2.45, 2.75) is 32.6 Å². The molecule has 144 valence electrons. The summed E-state index contributed by atoms with van der Waals surface area (Å²) in [5, 5.41) is 3.15. The van der Waals surface area contributed by atoms with Crippen LogP contribution in [0.3, 0.4) is 0 Å². The Balaban J connectivity index is 2.13.